The first-order chi connectivity index (χ1) is 8.04. The molecule has 17 heavy (non-hydrogen) atoms. The molecule has 0 atom stereocenters. The Hall–Kier alpha value is -1.42. The average Bonchev–Trinajstić information content (AvgIpc) is 2.29. The maximum absolute atomic E-state index is 12.2. The highest BCUT2D eigenvalue weighted by molar-refractivity contribution is 7.71. The van der Waals surface area contributed by atoms with Gasteiger partial charge in [0.25, 0.3) is 5.56 Å². The van der Waals surface area contributed by atoms with Gasteiger partial charge in [0.1, 0.15) is 0 Å². The van der Waals surface area contributed by atoms with Crippen LogP contribution >= 0.6 is 12.2 Å². The zero-order valence-corrected chi connectivity index (χ0v) is 11.1. The maximum Gasteiger partial charge on any atom is 0.262 e. The SMILES string of the molecule is CCn1c(=S)[nH]c2ccc(C(C)C)cc2c1=O. The van der Waals surface area contributed by atoms with E-state index in [9.17, 15) is 4.79 Å². The van der Waals surface area contributed by atoms with Crippen LogP contribution in [0.15, 0.2) is 23.0 Å². The Kier molecular flexibility index (Phi) is 3.15. The van der Waals surface area contributed by atoms with Gasteiger partial charge < -0.3 is 4.98 Å². The van der Waals surface area contributed by atoms with Gasteiger partial charge >= 0.3 is 0 Å². The molecule has 2 rings (SSSR count). The van der Waals surface area contributed by atoms with Crippen LogP contribution in [0.1, 0.15) is 32.3 Å². The molecular weight excluding hydrogens is 232 g/mol. The van der Waals surface area contributed by atoms with Crippen molar-refractivity contribution < 1.29 is 0 Å². The fourth-order valence-electron chi connectivity index (χ4n) is 1.91. The minimum absolute atomic E-state index is 0.00579. The molecule has 1 heterocycles. The van der Waals surface area contributed by atoms with Gasteiger partial charge in [0.05, 0.1) is 10.9 Å². The summed E-state index contributed by atoms with van der Waals surface area (Å²) >= 11 is 5.16. The van der Waals surface area contributed by atoms with Gasteiger partial charge in [-0.3, -0.25) is 9.36 Å². The summed E-state index contributed by atoms with van der Waals surface area (Å²) in [6.45, 7) is 6.74. The van der Waals surface area contributed by atoms with Crippen LogP contribution in [-0.4, -0.2) is 9.55 Å². The predicted octanol–water partition coefficient (Wildman–Crippen LogP) is 3.20. The molecule has 1 N–H and O–H groups in total. The minimum Gasteiger partial charge on any atom is -0.332 e. The molecule has 0 aliphatic carbocycles. The summed E-state index contributed by atoms with van der Waals surface area (Å²) in [6, 6.07) is 5.93. The summed E-state index contributed by atoms with van der Waals surface area (Å²) < 4.78 is 2.07. The van der Waals surface area contributed by atoms with Crippen LogP contribution in [0, 0.1) is 4.77 Å². The monoisotopic (exact) mass is 248 g/mol. The molecule has 0 aliphatic heterocycles. The van der Waals surface area contributed by atoms with Crippen LogP contribution in [0.5, 0.6) is 0 Å². The van der Waals surface area contributed by atoms with Crippen molar-refractivity contribution in [2.45, 2.75) is 33.2 Å². The fraction of sp³-hybridized carbons (Fsp3) is 0.385. The highest BCUT2D eigenvalue weighted by Gasteiger charge is 2.06. The van der Waals surface area contributed by atoms with E-state index in [1.54, 1.807) is 4.57 Å². The lowest BCUT2D eigenvalue weighted by Crippen LogP contribution is -2.21. The molecule has 0 fully saturated rings. The topological polar surface area (TPSA) is 37.8 Å². The van der Waals surface area contributed by atoms with Crippen molar-refractivity contribution in [3.05, 3.63) is 38.9 Å². The van der Waals surface area contributed by atoms with E-state index >= 15 is 0 Å². The molecule has 0 saturated carbocycles. The van der Waals surface area contributed by atoms with Crippen molar-refractivity contribution in [1.29, 1.82) is 0 Å². The molecule has 0 unspecified atom stereocenters. The van der Waals surface area contributed by atoms with Gasteiger partial charge in [-0.15, -0.1) is 0 Å². The Balaban J connectivity index is 2.85. The van der Waals surface area contributed by atoms with Crippen LogP contribution in [-0.2, 0) is 6.54 Å². The third kappa shape index (κ3) is 2.05. The first-order valence-electron chi connectivity index (χ1n) is 5.81. The summed E-state index contributed by atoms with van der Waals surface area (Å²) in [7, 11) is 0. The third-order valence-electron chi connectivity index (χ3n) is 2.99. The normalized spacial score (nSPS) is 11.3. The second-order valence-corrected chi connectivity index (χ2v) is 4.83. The molecule has 0 saturated heterocycles. The number of aromatic nitrogens is 2. The maximum atomic E-state index is 12.2. The number of hydrogen-bond donors (Lipinski definition) is 1. The van der Waals surface area contributed by atoms with Crippen LogP contribution < -0.4 is 5.56 Å². The molecule has 0 bridgehead atoms. The quantitative estimate of drug-likeness (QED) is 0.829. The smallest absolute Gasteiger partial charge is 0.262 e. The van der Waals surface area contributed by atoms with E-state index in [4.69, 9.17) is 12.2 Å². The number of nitrogens with zero attached hydrogens (tertiary/aromatic N) is 1. The van der Waals surface area contributed by atoms with E-state index in [0.29, 0.717) is 22.6 Å². The standard InChI is InChI=1S/C13H16N2OS/c1-4-15-12(16)10-7-9(8(2)3)5-6-11(10)14-13(15)17/h5-8H,4H2,1-3H3,(H,14,17). The molecule has 0 aliphatic rings. The molecule has 0 spiro atoms. The van der Waals surface area contributed by atoms with Crippen molar-refractivity contribution in [2.24, 2.45) is 0 Å². The average molecular weight is 248 g/mol. The number of hydrogen-bond acceptors (Lipinski definition) is 2. The highest BCUT2D eigenvalue weighted by atomic mass is 32.1. The number of nitrogens with one attached hydrogen (secondary N) is 1. The molecule has 0 radical (unpaired) electrons. The van der Waals surface area contributed by atoms with E-state index in [1.165, 1.54) is 5.56 Å². The van der Waals surface area contributed by atoms with Crippen molar-refractivity contribution in [1.82, 2.24) is 9.55 Å². The van der Waals surface area contributed by atoms with Gasteiger partial charge in [0.2, 0.25) is 0 Å². The van der Waals surface area contributed by atoms with Gasteiger partial charge in [-0.1, -0.05) is 19.9 Å². The molecule has 90 valence electrons. The summed E-state index contributed by atoms with van der Waals surface area (Å²) in [5.41, 5.74) is 1.98. The van der Waals surface area contributed by atoms with E-state index in [0.717, 1.165) is 5.52 Å². The Morgan fingerprint density at radius 2 is 2.12 bits per heavy atom. The Morgan fingerprint density at radius 3 is 2.71 bits per heavy atom. The molecule has 1 aromatic carbocycles. The fourth-order valence-corrected chi connectivity index (χ4v) is 2.24. The van der Waals surface area contributed by atoms with Gasteiger partial charge in [0.15, 0.2) is 4.77 Å². The molecule has 0 amide bonds. The number of benzene rings is 1. The number of H-pyrrole nitrogens is 1. The minimum atomic E-state index is -0.00579. The Labute approximate surface area is 105 Å². The second kappa shape index (κ2) is 4.45. The van der Waals surface area contributed by atoms with Crippen LogP contribution in [0.4, 0.5) is 0 Å². The summed E-state index contributed by atoms with van der Waals surface area (Å²) in [5.74, 6) is 0.414. The first-order valence-corrected chi connectivity index (χ1v) is 6.22. The molecule has 4 heteroatoms. The van der Waals surface area contributed by atoms with Gasteiger partial charge in [0, 0.05) is 6.54 Å². The van der Waals surface area contributed by atoms with Crippen LogP contribution in [0.25, 0.3) is 10.9 Å². The van der Waals surface area contributed by atoms with Gasteiger partial charge in [-0.05, 0) is 42.8 Å². The summed E-state index contributed by atoms with van der Waals surface area (Å²) in [4.78, 5) is 15.3. The predicted molar refractivity (Wildman–Crippen MR) is 73.2 cm³/mol. The lowest BCUT2D eigenvalue weighted by molar-refractivity contribution is 0.704. The first kappa shape index (κ1) is 12.0. The van der Waals surface area contributed by atoms with Crippen LogP contribution in [0.3, 0.4) is 0 Å². The number of rotatable bonds is 2. The summed E-state index contributed by atoms with van der Waals surface area (Å²) in [6.07, 6.45) is 0. The van der Waals surface area contributed by atoms with Crippen molar-refractivity contribution >= 4 is 23.1 Å². The third-order valence-corrected chi connectivity index (χ3v) is 3.31. The van der Waals surface area contributed by atoms with Crippen molar-refractivity contribution in [2.75, 3.05) is 0 Å². The number of aromatic amines is 1. The van der Waals surface area contributed by atoms with Crippen molar-refractivity contribution in [3.8, 4) is 0 Å². The van der Waals surface area contributed by atoms with E-state index in [2.05, 4.69) is 18.8 Å². The molecular formula is C13H16N2OS. The highest BCUT2D eigenvalue weighted by Crippen LogP contribution is 2.17. The lowest BCUT2D eigenvalue weighted by atomic mass is 10.0. The molecule has 3 nitrogen and oxygen atoms in total. The van der Waals surface area contributed by atoms with Crippen molar-refractivity contribution in [3.63, 3.8) is 0 Å². The largest absolute Gasteiger partial charge is 0.332 e. The van der Waals surface area contributed by atoms with Gasteiger partial charge in [-0.2, -0.15) is 0 Å². The summed E-state index contributed by atoms with van der Waals surface area (Å²) in [5, 5.41) is 0.714. The van der Waals surface area contributed by atoms with E-state index in [-0.39, 0.29) is 5.56 Å². The zero-order valence-electron chi connectivity index (χ0n) is 10.3. The van der Waals surface area contributed by atoms with E-state index in [1.807, 2.05) is 25.1 Å². The van der Waals surface area contributed by atoms with E-state index < -0.39 is 0 Å². The Bertz CT molecular complexity index is 667. The lowest BCUT2D eigenvalue weighted by Gasteiger charge is -2.09. The van der Waals surface area contributed by atoms with Gasteiger partial charge in [-0.25, -0.2) is 0 Å². The number of fused-ring (bicyclic) bond motifs is 1. The second-order valence-electron chi connectivity index (χ2n) is 4.44. The Morgan fingerprint density at radius 1 is 1.41 bits per heavy atom. The zero-order chi connectivity index (χ0) is 12.6. The molecule has 2 aromatic rings. The molecule has 1 aromatic heterocycles. The van der Waals surface area contributed by atoms with Crippen LogP contribution in [0.2, 0.25) is 0 Å².